The zero-order chi connectivity index (χ0) is 21.2. The van der Waals surface area contributed by atoms with Gasteiger partial charge in [-0.05, 0) is 47.8 Å². The van der Waals surface area contributed by atoms with Crippen molar-refractivity contribution in [2.45, 2.75) is 12.8 Å². The summed E-state index contributed by atoms with van der Waals surface area (Å²) in [5.74, 6) is 1.91. The lowest BCUT2D eigenvalue weighted by Crippen LogP contribution is -2.26. The number of nitrogens with zero attached hydrogens (tertiary/aromatic N) is 3. The standard InChI is InChI=1S/C20H21Cl4N3O2.ClH/c1-29-19-10-14(4-5-18(19)27(8-2-6-21)9-3-7-22)13-25-15-11-16(23)20(26-28)17(24)12-15;/h4-5,10-13H,2-3,6-9H2,1H3;1H. The van der Waals surface area contributed by atoms with E-state index in [1.807, 2.05) is 18.2 Å². The Morgan fingerprint density at radius 3 is 2.13 bits per heavy atom. The number of nitroso groups, excluding NO2 is 1. The van der Waals surface area contributed by atoms with Crippen molar-refractivity contribution in [1.29, 1.82) is 0 Å². The van der Waals surface area contributed by atoms with Gasteiger partial charge in [0.2, 0.25) is 0 Å². The first-order valence-electron chi connectivity index (χ1n) is 8.95. The van der Waals surface area contributed by atoms with Gasteiger partial charge in [0.25, 0.3) is 0 Å². The highest BCUT2D eigenvalue weighted by molar-refractivity contribution is 6.39. The van der Waals surface area contributed by atoms with E-state index in [9.17, 15) is 4.91 Å². The van der Waals surface area contributed by atoms with E-state index in [0.29, 0.717) is 17.4 Å². The first-order valence-corrected chi connectivity index (χ1v) is 10.8. The quantitative estimate of drug-likeness (QED) is 0.176. The molecule has 0 unspecified atom stereocenters. The lowest BCUT2D eigenvalue weighted by Gasteiger charge is -2.26. The summed E-state index contributed by atoms with van der Waals surface area (Å²) in [5, 5.41) is 3.13. The van der Waals surface area contributed by atoms with Crippen LogP contribution in [0.5, 0.6) is 5.75 Å². The minimum Gasteiger partial charge on any atom is -0.495 e. The highest BCUT2D eigenvalue weighted by atomic mass is 35.5. The number of halogens is 5. The zero-order valence-electron chi connectivity index (χ0n) is 16.3. The van der Waals surface area contributed by atoms with Crippen LogP contribution >= 0.6 is 58.8 Å². The number of rotatable bonds is 11. The summed E-state index contributed by atoms with van der Waals surface area (Å²) in [7, 11) is 1.63. The minimum absolute atomic E-state index is 0. The lowest BCUT2D eigenvalue weighted by molar-refractivity contribution is 0.414. The van der Waals surface area contributed by atoms with Crippen molar-refractivity contribution < 1.29 is 4.74 Å². The van der Waals surface area contributed by atoms with Crippen LogP contribution in [0.15, 0.2) is 40.5 Å². The molecular weight excluding hydrogens is 492 g/mol. The van der Waals surface area contributed by atoms with Crippen LogP contribution in [0.4, 0.5) is 17.1 Å². The van der Waals surface area contributed by atoms with Crippen LogP contribution in [0, 0.1) is 4.91 Å². The van der Waals surface area contributed by atoms with Gasteiger partial charge in [0, 0.05) is 31.1 Å². The van der Waals surface area contributed by atoms with Gasteiger partial charge in [-0.3, -0.25) is 4.99 Å². The summed E-state index contributed by atoms with van der Waals surface area (Å²) in [5.41, 5.74) is 2.34. The molecule has 0 fully saturated rings. The summed E-state index contributed by atoms with van der Waals surface area (Å²) >= 11 is 23.7. The Bertz CT molecular complexity index is 833. The van der Waals surface area contributed by atoms with E-state index in [1.54, 1.807) is 13.3 Å². The van der Waals surface area contributed by atoms with Gasteiger partial charge in [-0.15, -0.1) is 40.5 Å². The SMILES string of the molecule is COc1cc(C=Nc2cc(Cl)c(N=O)c(Cl)c2)ccc1N(CCCCl)CCCCl.Cl. The number of hydrogen-bond donors (Lipinski definition) is 0. The summed E-state index contributed by atoms with van der Waals surface area (Å²) in [6.45, 7) is 1.64. The van der Waals surface area contributed by atoms with Gasteiger partial charge in [0.15, 0.2) is 0 Å². The first kappa shape index (κ1) is 26.8. The van der Waals surface area contributed by atoms with Gasteiger partial charge in [-0.1, -0.05) is 29.3 Å². The number of anilines is 1. The molecular formula is C20H22Cl5N3O2. The highest BCUT2D eigenvalue weighted by Gasteiger charge is 2.13. The van der Waals surface area contributed by atoms with Crippen molar-refractivity contribution in [1.82, 2.24) is 0 Å². The van der Waals surface area contributed by atoms with Crippen LogP contribution in [-0.2, 0) is 0 Å². The van der Waals surface area contributed by atoms with Gasteiger partial charge in [0.1, 0.15) is 11.4 Å². The molecule has 10 heteroatoms. The van der Waals surface area contributed by atoms with Crippen LogP contribution in [0.1, 0.15) is 18.4 Å². The van der Waals surface area contributed by atoms with E-state index in [4.69, 9.17) is 51.1 Å². The lowest BCUT2D eigenvalue weighted by atomic mass is 10.1. The molecule has 5 nitrogen and oxygen atoms in total. The topological polar surface area (TPSA) is 54.3 Å². The maximum Gasteiger partial charge on any atom is 0.145 e. The number of alkyl halides is 2. The fourth-order valence-electron chi connectivity index (χ4n) is 2.75. The third-order valence-electron chi connectivity index (χ3n) is 4.12. The predicted octanol–water partition coefficient (Wildman–Crippen LogP) is 7.64. The van der Waals surface area contributed by atoms with Crippen LogP contribution in [0.25, 0.3) is 0 Å². The monoisotopic (exact) mass is 511 g/mol. The van der Waals surface area contributed by atoms with Gasteiger partial charge >= 0.3 is 0 Å². The number of aliphatic imine (C=N–C) groups is 1. The van der Waals surface area contributed by atoms with E-state index in [1.165, 1.54) is 12.1 Å². The van der Waals surface area contributed by atoms with E-state index in [2.05, 4.69) is 15.1 Å². The second-order valence-electron chi connectivity index (χ2n) is 6.11. The van der Waals surface area contributed by atoms with Crippen LogP contribution in [0.2, 0.25) is 10.0 Å². The molecule has 0 saturated carbocycles. The predicted molar refractivity (Wildman–Crippen MR) is 132 cm³/mol. The molecule has 0 N–H and O–H groups in total. The molecule has 30 heavy (non-hydrogen) atoms. The number of methoxy groups -OCH3 is 1. The molecule has 0 atom stereocenters. The third-order valence-corrected chi connectivity index (χ3v) is 5.23. The maximum atomic E-state index is 10.7. The van der Waals surface area contributed by atoms with Gasteiger partial charge in [-0.2, -0.15) is 0 Å². The Kier molecular flexibility index (Phi) is 12.5. The Balaban J connectivity index is 0.00000450. The van der Waals surface area contributed by atoms with Crippen LogP contribution in [-0.4, -0.2) is 38.2 Å². The Morgan fingerprint density at radius 1 is 1.03 bits per heavy atom. The van der Waals surface area contributed by atoms with Crippen molar-refractivity contribution in [3.05, 3.63) is 50.8 Å². The molecule has 2 rings (SSSR count). The van der Waals surface area contributed by atoms with Gasteiger partial charge in [0.05, 0.1) is 28.5 Å². The summed E-state index contributed by atoms with van der Waals surface area (Å²) in [4.78, 5) is 17.3. The summed E-state index contributed by atoms with van der Waals surface area (Å²) in [6.07, 6.45) is 3.40. The van der Waals surface area contributed by atoms with E-state index in [-0.39, 0.29) is 28.1 Å². The largest absolute Gasteiger partial charge is 0.495 e. The average Bonchev–Trinajstić information content (AvgIpc) is 2.72. The third kappa shape index (κ3) is 7.47. The fourth-order valence-corrected chi connectivity index (χ4v) is 3.54. The molecule has 0 bridgehead atoms. The normalized spacial score (nSPS) is 10.7. The Hall–Kier alpha value is -1.24. The zero-order valence-corrected chi connectivity index (χ0v) is 20.1. The Morgan fingerprint density at radius 2 is 1.63 bits per heavy atom. The molecule has 2 aromatic carbocycles. The van der Waals surface area contributed by atoms with E-state index >= 15 is 0 Å². The van der Waals surface area contributed by atoms with Gasteiger partial charge < -0.3 is 9.64 Å². The second kappa shape index (κ2) is 13.9. The minimum atomic E-state index is 0. The smallest absolute Gasteiger partial charge is 0.145 e. The summed E-state index contributed by atoms with van der Waals surface area (Å²) in [6, 6.07) is 8.90. The van der Waals surface area contributed by atoms with Crippen molar-refractivity contribution >= 4 is 82.1 Å². The highest BCUT2D eigenvalue weighted by Crippen LogP contribution is 2.37. The molecule has 0 aliphatic rings. The summed E-state index contributed by atoms with van der Waals surface area (Å²) < 4.78 is 5.59. The maximum absolute atomic E-state index is 10.7. The molecule has 2 aromatic rings. The van der Waals surface area contributed by atoms with Crippen molar-refractivity contribution in [2.75, 3.05) is 36.9 Å². The molecule has 0 heterocycles. The van der Waals surface area contributed by atoms with E-state index in [0.717, 1.165) is 42.9 Å². The number of ether oxygens (including phenoxy) is 1. The van der Waals surface area contributed by atoms with Gasteiger partial charge in [-0.25, -0.2) is 0 Å². The fraction of sp³-hybridized carbons (Fsp3) is 0.350. The van der Waals surface area contributed by atoms with Crippen LogP contribution in [0.3, 0.4) is 0 Å². The molecule has 0 spiro atoms. The molecule has 0 aromatic heterocycles. The molecule has 0 aliphatic heterocycles. The van der Waals surface area contributed by atoms with Crippen molar-refractivity contribution in [3.8, 4) is 5.75 Å². The first-order chi connectivity index (χ1) is 14.0. The Labute approximate surface area is 202 Å². The second-order valence-corrected chi connectivity index (χ2v) is 7.68. The average molecular weight is 514 g/mol. The molecule has 0 radical (unpaired) electrons. The van der Waals surface area contributed by atoms with E-state index < -0.39 is 0 Å². The number of hydrogen-bond acceptors (Lipinski definition) is 5. The molecule has 0 aliphatic carbocycles. The molecule has 0 amide bonds. The van der Waals surface area contributed by atoms with Crippen LogP contribution < -0.4 is 9.64 Å². The van der Waals surface area contributed by atoms with Crippen molar-refractivity contribution in [3.63, 3.8) is 0 Å². The molecule has 0 saturated heterocycles. The van der Waals surface area contributed by atoms with Crippen molar-refractivity contribution in [2.24, 2.45) is 10.2 Å². The molecule has 164 valence electrons. The number of benzene rings is 2.